The number of carbonyl (C=O) groups excluding carboxylic acids is 1. The smallest absolute Gasteiger partial charge is 0.265 e. The van der Waals surface area contributed by atoms with Crippen LogP contribution in [0.4, 0.5) is 5.69 Å². The first-order valence-electron chi connectivity index (χ1n) is 7.15. The predicted molar refractivity (Wildman–Crippen MR) is 98.6 cm³/mol. The molecule has 0 aromatic heterocycles. The first-order chi connectivity index (χ1) is 13.0. The van der Waals surface area contributed by atoms with Gasteiger partial charge in [0.2, 0.25) is 6.79 Å². The summed E-state index contributed by atoms with van der Waals surface area (Å²) in [5, 5.41) is 13.1. The van der Waals surface area contributed by atoms with Crippen molar-refractivity contribution in [1.29, 1.82) is 10.8 Å². The van der Waals surface area contributed by atoms with E-state index in [1.807, 2.05) is 30.3 Å². The molecule has 0 spiro atoms. The molecule has 10 nitrogen and oxygen atoms in total. The molecule has 0 saturated carbocycles. The summed E-state index contributed by atoms with van der Waals surface area (Å²) in [6.45, 7) is 0.186. The summed E-state index contributed by atoms with van der Waals surface area (Å²) in [7, 11) is 0. The van der Waals surface area contributed by atoms with Gasteiger partial charge in [0.25, 0.3) is 5.91 Å². The molecular formula is C16H14N4NaO6S-2. The van der Waals surface area contributed by atoms with Crippen LogP contribution in [-0.4, -0.2) is 55.6 Å². The SMILES string of the molecule is N#N.NN(C(=O)C=Cc1ccccc1)c1ccc2c(c1)OCO2.O=S([O-])[O-].[Na]. The number of carbonyl (C=O) groups is 1. The Kier molecular flexibility index (Phi) is 12.7. The average Bonchev–Trinajstić information content (AvgIpc) is 3.15. The fourth-order valence-corrected chi connectivity index (χ4v) is 1.97. The van der Waals surface area contributed by atoms with Gasteiger partial charge in [-0.2, -0.15) is 0 Å². The van der Waals surface area contributed by atoms with E-state index in [1.165, 1.54) is 6.08 Å². The molecule has 0 saturated heterocycles. The maximum absolute atomic E-state index is 12.1. The van der Waals surface area contributed by atoms with E-state index in [-0.39, 0.29) is 42.3 Å². The summed E-state index contributed by atoms with van der Waals surface area (Å²) < 4.78 is 35.8. The summed E-state index contributed by atoms with van der Waals surface area (Å²) in [5.41, 5.74) is 1.48. The summed E-state index contributed by atoms with van der Waals surface area (Å²) in [6, 6.07) is 14.7. The largest absolute Gasteiger partial charge is 0.784 e. The number of rotatable bonds is 3. The van der Waals surface area contributed by atoms with Crippen molar-refractivity contribution in [1.82, 2.24) is 0 Å². The maximum Gasteiger partial charge on any atom is 0.265 e. The second-order valence-corrected chi connectivity index (χ2v) is 5.10. The third-order valence-electron chi connectivity index (χ3n) is 3.09. The Balaban J connectivity index is 0.000000931. The van der Waals surface area contributed by atoms with E-state index in [0.29, 0.717) is 17.2 Å². The Morgan fingerprint density at radius 2 is 1.68 bits per heavy atom. The van der Waals surface area contributed by atoms with Gasteiger partial charge in [-0.25, -0.2) is 10.9 Å². The zero-order chi connectivity index (χ0) is 20.2. The summed E-state index contributed by atoms with van der Waals surface area (Å²) in [6.07, 6.45) is 3.15. The predicted octanol–water partition coefficient (Wildman–Crippen LogP) is 0.981. The number of nitrogens with zero attached hydrogens (tertiary/aromatic N) is 3. The molecule has 1 aliphatic rings. The molecule has 28 heavy (non-hydrogen) atoms. The van der Waals surface area contributed by atoms with Gasteiger partial charge in [-0.05, 0) is 23.8 Å². The van der Waals surface area contributed by atoms with Crippen molar-refractivity contribution in [2.24, 2.45) is 5.84 Å². The van der Waals surface area contributed by atoms with Crippen LogP contribution in [0.3, 0.4) is 0 Å². The number of nitrogens with two attached hydrogens (primary N) is 1. The number of hydrogen-bond donors (Lipinski definition) is 1. The third-order valence-corrected chi connectivity index (χ3v) is 3.09. The van der Waals surface area contributed by atoms with Gasteiger partial charge in [0.05, 0.1) is 5.69 Å². The van der Waals surface area contributed by atoms with Crippen LogP contribution in [-0.2, 0) is 16.2 Å². The number of hydrazine groups is 1. The van der Waals surface area contributed by atoms with Gasteiger partial charge in [0.1, 0.15) is 0 Å². The summed E-state index contributed by atoms with van der Waals surface area (Å²) in [4.78, 5) is 12.1. The average molecular weight is 413 g/mol. The zero-order valence-electron chi connectivity index (χ0n) is 14.8. The molecule has 0 atom stereocenters. The summed E-state index contributed by atoms with van der Waals surface area (Å²) in [5.74, 6) is 6.75. The van der Waals surface area contributed by atoms with Crippen LogP contribution in [0.1, 0.15) is 5.56 Å². The first kappa shape index (κ1) is 25.7. The molecule has 2 aromatic carbocycles. The van der Waals surface area contributed by atoms with Crippen LogP contribution in [0.2, 0.25) is 0 Å². The molecular weight excluding hydrogens is 399 g/mol. The second kappa shape index (κ2) is 13.8. The number of hydrogen-bond acceptors (Lipinski definition) is 9. The van der Waals surface area contributed by atoms with Crippen LogP contribution in [0.15, 0.2) is 54.6 Å². The third kappa shape index (κ3) is 8.59. The molecule has 2 N–H and O–H groups in total. The Bertz CT molecular complexity index is 830. The molecule has 143 valence electrons. The van der Waals surface area contributed by atoms with Crippen LogP contribution >= 0.6 is 0 Å². The molecule has 0 bridgehead atoms. The van der Waals surface area contributed by atoms with Crippen molar-refractivity contribution in [3.8, 4) is 11.5 Å². The monoisotopic (exact) mass is 413 g/mol. The number of ether oxygens (including phenoxy) is 2. The van der Waals surface area contributed by atoms with E-state index in [0.717, 1.165) is 10.6 Å². The van der Waals surface area contributed by atoms with Gasteiger partial charge in [0, 0.05) is 52.5 Å². The quantitative estimate of drug-likeness (QED) is 0.146. The topological polar surface area (TPSA) is 176 Å². The number of anilines is 1. The second-order valence-electron chi connectivity index (χ2n) is 4.69. The Hall–Kier alpha value is -2.30. The Labute approximate surface area is 185 Å². The van der Waals surface area contributed by atoms with Crippen molar-refractivity contribution < 1.29 is 27.6 Å². The van der Waals surface area contributed by atoms with Crippen LogP contribution in [0.5, 0.6) is 11.5 Å². The van der Waals surface area contributed by atoms with Crippen molar-refractivity contribution in [3.05, 3.63) is 60.2 Å². The van der Waals surface area contributed by atoms with Crippen molar-refractivity contribution in [3.63, 3.8) is 0 Å². The van der Waals surface area contributed by atoms with E-state index in [4.69, 9.17) is 39.4 Å². The van der Waals surface area contributed by atoms with Gasteiger partial charge in [-0.3, -0.25) is 9.00 Å². The van der Waals surface area contributed by atoms with E-state index >= 15 is 0 Å². The normalized spacial score (nSPS) is 10.8. The number of benzene rings is 2. The number of amides is 1. The fraction of sp³-hybridized carbons (Fsp3) is 0.0625. The molecule has 0 aliphatic carbocycles. The van der Waals surface area contributed by atoms with Gasteiger partial charge in [-0.15, -0.1) is 11.4 Å². The van der Waals surface area contributed by atoms with E-state index in [2.05, 4.69) is 0 Å². The maximum atomic E-state index is 12.1. The van der Waals surface area contributed by atoms with E-state index in [1.54, 1.807) is 24.3 Å². The van der Waals surface area contributed by atoms with Crippen molar-refractivity contribution in [2.75, 3.05) is 11.8 Å². The standard InChI is InChI=1S/C16H14N2O3.N2.Na.H2O3S/c17-18(13-7-8-14-15(10-13)21-11-20-14)16(19)9-6-12-4-2-1-3-5-12;1-2;;1-4(2)3/h1-10H,11,17H2;;;(H2,1,2,3)/p-2. The van der Waals surface area contributed by atoms with Gasteiger partial charge >= 0.3 is 0 Å². The number of fused-ring (bicyclic) bond motifs is 1. The molecule has 0 fully saturated rings. The van der Waals surface area contributed by atoms with Gasteiger partial charge in [0.15, 0.2) is 11.5 Å². The molecule has 1 amide bonds. The minimum Gasteiger partial charge on any atom is -0.784 e. The molecule has 1 heterocycles. The molecule has 1 aliphatic heterocycles. The van der Waals surface area contributed by atoms with E-state index in [9.17, 15) is 4.79 Å². The first-order valence-corrected chi connectivity index (χ1v) is 8.15. The minimum absolute atomic E-state index is 0. The van der Waals surface area contributed by atoms with Gasteiger partial charge in [-0.1, -0.05) is 30.3 Å². The Morgan fingerprint density at radius 3 is 2.29 bits per heavy atom. The fourth-order valence-electron chi connectivity index (χ4n) is 1.97. The Morgan fingerprint density at radius 1 is 1.11 bits per heavy atom. The molecule has 0 unspecified atom stereocenters. The molecule has 12 heteroatoms. The van der Waals surface area contributed by atoms with Crippen LogP contribution in [0, 0.1) is 10.8 Å². The van der Waals surface area contributed by atoms with Crippen molar-refractivity contribution in [2.45, 2.75) is 0 Å². The van der Waals surface area contributed by atoms with Gasteiger partial charge < -0.3 is 18.6 Å². The van der Waals surface area contributed by atoms with Crippen molar-refractivity contribution >= 4 is 58.6 Å². The summed E-state index contributed by atoms with van der Waals surface area (Å²) >= 11 is -3.11. The zero-order valence-corrected chi connectivity index (χ0v) is 17.6. The minimum atomic E-state index is -3.11. The molecule has 3 rings (SSSR count). The van der Waals surface area contributed by atoms with E-state index < -0.39 is 11.4 Å². The molecule has 2 aromatic rings. The molecule has 1 radical (unpaired) electrons. The van der Waals surface area contributed by atoms with Crippen LogP contribution < -0.4 is 20.3 Å². The van der Waals surface area contributed by atoms with Crippen LogP contribution in [0.25, 0.3) is 6.08 Å².